The van der Waals surface area contributed by atoms with Gasteiger partial charge in [0.05, 0.1) is 27.1 Å². The molecule has 1 saturated heterocycles. The lowest BCUT2D eigenvalue weighted by atomic mass is 9.95. The van der Waals surface area contributed by atoms with E-state index in [1.807, 2.05) is 0 Å². The average molecular weight is 575 g/mol. The van der Waals surface area contributed by atoms with E-state index in [0.717, 1.165) is 23.5 Å². The van der Waals surface area contributed by atoms with Gasteiger partial charge in [0.1, 0.15) is 12.6 Å². The standard InChI is InChI=1S/C24H26ClF3N4O5S/c1-23(2,3)22(36)31-16(11-29-21(35)17-6-7-18(25)38-17)20(34)30-15-5-4-13(10-14(15)24(26,27)28)32-8-9-37-12-19(32)33/h4-7,10,16H,8-9,11-12H2,1-3H3,(H,29,35)(H,30,34)(H,31,36)/t16-/m1/s1. The fourth-order valence-electron chi connectivity index (χ4n) is 3.36. The van der Waals surface area contributed by atoms with Gasteiger partial charge in [0.2, 0.25) is 11.8 Å². The molecule has 9 nitrogen and oxygen atoms in total. The lowest BCUT2D eigenvalue weighted by molar-refractivity contribution is -0.137. The number of ether oxygens (including phenoxy) is 1. The van der Waals surface area contributed by atoms with Crippen molar-refractivity contribution in [3.63, 3.8) is 0 Å². The number of morpholine rings is 1. The largest absolute Gasteiger partial charge is 0.418 e. The van der Waals surface area contributed by atoms with Gasteiger partial charge in [0, 0.05) is 24.2 Å². The molecule has 1 aromatic heterocycles. The first-order chi connectivity index (χ1) is 17.7. The van der Waals surface area contributed by atoms with E-state index in [2.05, 4.69) is 16.0 Å². The van der Waals surface area contributed by atoms with Gasteiger partial charge in [-0.2, -0.15) is 13.2 Å². The van der Waals surface area contributed by atoms with Gasteiger partial charge in [-0.05, 0) is 30.3 Å². The van der Waals surface area contributed by atoms with Gasteiger partial charge in [0.15, 0.2) is 0 Å². The number of nitrogens with zero attached hydrogens (tertiary/aromatic N) is 1. The minimum Gasteiger partial charge on any atom is -0.370 e. The Bertz CT molecular complexity index is 1230. The number of nitrogens with one attached hydrogen (secondary N) is 3. The molecule has 3 N–H and O–H groups in total. The molecule has 3 rings (SSSR count). The lowest BCUT2D eigenvalue weighted by Crippen LogP contribution is -2.53. The van der Waals surface area contributed by atoms with Crippen LogP contribution in [0.15, 0.2) is 30.3 Å². The molecule has 0 unspecified atom stereocenters. The SMILES string of the molecule is CC(C)(C)C(=O)N[C@H](CNC(=O)c1ccc(Cl)s1)C(=O)Nc1ccc(N2CCOCC2=O)cc1C(F)(F)F. The van der Waals surface area contributed by atoms with Crippen LogP contribution >= 0.6 is 22.9 Å². The second-order valence-corrected chi connectivity index (χ2v) is 11.1. The number of alkyl halides is 3. The minimum atomic E-state index is -4.87. The monoisotopic (exact) mass is 574 g/mol. The van der Waals surface area contributed by atoms with E-state index in [1.54, 1.807) is 20.8 Å². The minimum absolute atomic E-state index is 0.00285. The Balaban J connectivity index is 1.84. The van der Waals surface area contributed by atoms with Crippen LogP contribution in [0.1, 0.15) is 36.0 Å². The van der Waals surface area contributed by atoms with Crippen LogP contribution in [-0.4, -0.2) is 56.0 Å². The van der Waals surface area contributed by atoms with Crippen molar-refractivity contribution in [2.24, 2.45) is 5.41 Å². The van der Waals surface area contributed by atoms with Crippen molar-refractivity contribution < 1.29 is 37.1 Å². The molecule has 0 saturated carbocycles. The van der Waals surface area contributed by atoms with E-state index >= 15 is 0 Å². The number of thiophene rings is 1. The predicted molar refractivity (Wildman–Crippen MR) is 136 cm³/mol. The van der Waals surface area contributed by atoms with E-state index < -0.39 is 59.1 Å². The number of hydrogen-bond donors (Lipinski definition) is 3. The fourth-order valence-corrected chi connectivity index (χ4v) is 4.32. The third-order valence-corrected chi connectivity index (χ3v) is 6.66. The van der Waals surface area contributed by atoms with Gasteiger partial charge < -0.3 is 25.6 Å². The molecule has 1 aliphatic heterocycles. The van der Waals surface area contributed by atoms with Crippen molar-refractivity contribution in [3.05, 3.63) is 45.1 Å². The average Bonchev–Trinajstić information content (AvgIpc) is 3.27. The molecule has 1 atom stereocenters. The molecule has 0 aliphatic carbocycles. The summed E-state index contributed by atoms with van der Waals surface area (Å²) >= 11 is 6.84. The molecule has 206 valence electrons. The topological polar surface area (TPSA) is 117 Å². The number of anilines is 2. The third-order valence-electron chi connectivity index (χ3n) is 5.43. The van der Waals surface area contributed by atoms with Crippen LogP contribution in [0.2, 0.25) is 4.34 Å². The van der Waals surface area contributed by atoms with Crippen LogP contribution < -0.4 is 20.9 Å². The van der Waals surface area contributed by atoms with E-state index in [-0.39, 0.29) is 30.3 Å². The molecular weight excluding hydrogens is 549 g/mol. The zero-order valence-corrected chi connectivity index (χ0v) is 22.3. The molecule has 14 heteroatoms. The Morgan fingerprint density at radius 2 is 1.87 bits per heavy atom. The number of carbonyl (C=O) groups is 4. The number of rotatable bonds is 7. The van der Waals surface area contributed by atoms with Crippen molar-refractivity contribution in [3.8, 4) is 0 Å². The highest BCUT2D eigenvalue weighted by Gasteiger charge is 2.36. The highest BCUT2D eigenvalue weighted by atomic mass is 35.5. The van der Waals surface area contributed by atoms with Gasteiger partial charge in [-0.3, -0.25) is 19.2 Å². The molecule has 2 heterocycles. The van der Waals surface area contributed by atoms with Crippen LogP contribution in [0.3, 0.4) is 0 Å². The number of carbonyl (C=O) groups excluding carboxylic acids is 4. The van der Waals surface area contributed by atoms with Gasteiger partial charge >= 0.3 is 6.18 Å². The zero-order chi connectivity index (χ0) is 28.3. The summed E-state index contributed by atoms with van der Waals surface area (Å²) in [6.45, 7) is 4.38. The molecule has 38 heavy (non-hydrogen) atoms. The molecule has 0 spiro atoms. The third kappa shape index (κ3) is 7.45. The smallest absolute Gasteiger partial charge is 0.370 e. The number of amides is 4. The number of halogens is 4. The summed E-state index contributed by atoms with van der Waals surface area (Å²) in [5.41, 5.74) is -2.67. The maximum absolute atomic E-state index is 13.9. The Kier molecular flexibility index (Phi) is 9.05. The molecule has 1 fully saturated rings. The molecule has 1 aromatic carbocycles. The quantitative estimate of drug-likeness (QED) is 0.466. The highest BCUT2D eigenvalue weighted by molar-refractivity contribution is 7.18. The summed E-state index contributed by atoms with van der Waals surface area (Å²) in [5, 5.41) is 7.19. The first kappa shape index (κ1) is 29.4. The van der Waals surface area contributed by atoms with Crippen molar-refractivity contribution in [1.82, 2.24) is 10.6 Å². The Morgan fingerprint density at radius 3 is 2.45 bits per heavy atom. The van der Waals surface area contributed by atoms with E-state index in [0.29, 0.717) is 4.34 Å². The maximum Gasteiger partial charge on any atom is 0.418 e. The second-order valence-electron chi connectivity index (χ2n) is 9.40. The maximum atomic E-state index is 13.9. The molecular formula is C24H26ClF3N4O5S. The van der Waals surface area contributed by atoms with Gasteiger partial charge in [-0.25, -0.2) is 0 Å². The molecule has 2 aromatic rings. The van der Waals surface area contributed by atoms with Gasteiger partial charge in [-0.1, -0.05) is 32.4 Å². The first-order valence-corrected chi connectivity index (χ1v) is 12.6. The fraction of sp³-hybridized carbons (Fsp3) is 0.417. The van der Waals surface area contributed by atoms with Gasteiger partial charge in [-0.15, -0.1) is 11.3 Å². The van der Waals surface area contributed by atoms with Crippen LogP contribution in [0, 0.1) is 5.41 Å². The second kappa shape index (κ2) is 11.7. The summed E-state index contributed by atoms with van der Waals surface area (Å²) in [5.74, 6) is -2.59. The Labute approximate surface area is 225 Å². The molecule has 0 radical (unpaired) electrons. The number of benzene rings is 1. The summed E-state index contributed by atoms with van der Waals surface area (Å²) in [6, 6.07) is 4.67. The Morgan fingerprint density at radius 1 is 1.16 bits per heavy atom. The van der Waals surface area contributed by atoms with Gasteiger partial charge in [0.25, 0.3) is 11.8 Å². The summed E-state index contributed by atoms with van der Waals surface area (Å²) < 4.78 is 47.2. The summed E-state index contributed by atoms with van der Waals surface area (Å²) in [4.78, 5) is 51.6. The lowest BCUT2D eigenvalue weighted by Gasteiger charge is -2.28. The molecule has 4 amide bonds. The van der Waals surface area contributed by atoms with E-state index in [4.69, 9.17) is 16.3 Å². The van der Waals surface area contributed by atoms with Crippen molar-refractivity contribution in [1.29, 1.82) is 0 Å². The normalized spacial score (nSPS) is 15.1. The van der Waals surface area contributed by atoms with Crippen LogP contribution in [0.5, 0.6) is 0 Å². The van der Waals surface area contributed by atoms with Crippen LogP contribution in [-0.2, 0) is 25.3 Å². The highest BCUT2D eigenvalue weighted by Crippen LogP contribution is 2.37. The predicted octanol–water partition coefficient (Wildman–Crippen LogP) is 3.68. The summed E-state index contributed by atoms with van der Waals surface area (Å²) in [6.07, 6.45) is -4.87. The molecule has 0 bridgehead atoms. The van der Waals surface area contributed by atoms with Crippen molar-refractivity contribution in [2.75, 3.05) is 36.5 Å². The van der Waals surface area contributed by atoms with Crippen molar-refractivity contribution >= 4 is 57.9 Å². The molecule has 1 aliphatic rings. The van der Waals surface area contributed by atoms with Crippen LogP contribution in [0.4, 0.5) is 24.5 Å². The van der Waals surface area contributed by atoms with E-state index in [1.165, 1.54) is 23.1 Å². The zero-order valence-electron chi connectivity index (χ0n) is 20.7. The van der Waals surface area contributed by atoms with E-state index in [9.17, 15) is 32.3 Å². The van der Waals surface area contributed by atoms with Crippen molar-refractivity contribution in [2.45, 2.75) is 33.0 Å². The first-order valence-electron chi connectivity index (χ1n) is 11.4. The van der Waals surface area contributed by atoms with Crippen LogP contribution in [0.25, 0.3) is 0 Å². The Hall–Kier alpha value is -3.16. The number of hydrogen-bond acceptors (Lipinski definition) is 6. The summed E-state index contributed by atoms with van der Waals surface area (Å²) in [7, 11) is 0.